The molecule has 2 amide bonds. The van der Waals surface area contributed by atoms with Crippen molar-refractivity contribution < 1.29 is 9.59 Å². The number of piperidine rings is 1. The van der Waals surface area contributed by atoms with Crippen molar-refractivity contribution in [1.82, 2.24) is 9.88 Å². The van der Waals surface area contributed by atoms with Gasteiger partial charge < -0.3 is 15.1 Å². The smallest absolute Gasteiger partial charge is 0.224 e. The second kappa shape index (κ2) is 10.5. The van der Waals surface area contributed by atoms with Crippen molar-refractivity contribution in [3.63, 3.8) is 0 Å². The van der Waals surface area contributed by atoms with Gasteiger partial charge in [0.05, 0.1) is 5.52 Å². The second-order valence-corrected chi connectivity index (χ2v) is 10.2. The molecule has 1 aromatic carbocycles. The molecule has 0 aliphatic carbocycles. The minimum absolute atomic E-state index is 0.0967. The number of aromatic nitrogens is 1. The Morgan fingerprint density at radius 3 is 2.39 bits per heavy atom. The van der Waals surface area contributed by atoms with Crippen molar-refractivity contribution in [2.75, 3.05) is 36.4 Å². The van der Waals surface area contributed by atoms with Gasteiger partial charge in [0.15, 0.2) is 0 Å². The van der Waals surface area contributed by atoms with E-state index in [-0.39, 0.29) is 24.7 Å². The van der Waals surface area contributed by atoms with Crippen LogP contribution in [-0.2, 0) is 9.59 Å². The van der Waals surface area contributed by atoms with E-state index in [0.29, 0.717) is 11.8 Å². The van der Waals surface area contributed by atoms with Gasteiger partial charge in [-0.15, -0.1) is 0 Å². The van der Waals surface area contributed by atoms with Crippen LogP contribution >= 0.6 is 0 Å². The Balaban J connectivity index is 1.39. The third kappa shape index (κ3) is 6.04. The molecule has 2 aromatic rings. The lowest BCUT2D eigenvalue weighted by molar-refractivity contribution is -0.132. The topological polar surface area (TPSA) is 65.5 Å². The molecule has 0 unspecified atom stereocenters. The summed E-state index contributed by atoms with van der Waals surface area (Å²) in [7, 11) is 0. The Morgan fingerprint density at radius 1 is 1.00 bits per heavy atom. The van der Waals surface area contributed by atoms with E-state index in [0.717, 1.165) is 67.0 Å². The van der Waals surface area contributed by atoms with Gasteiger partial charge in [0.1, 0.15) is 5.82 Å². The lowest BCUT2D eigenvalue weighted by atomic mass is 9.92. The summed E-state index contributed by atoms with van der Waals surface area (Å²) in [6.07, 6.45) is 6.29. The summed E-state index contributed by atoms with van der Waals surface area (Å²) in [6.45, 7) is 10.5. The first kappa shape index (κ1) is 23.5. The highest BCUT2D eigenvalue weighted by Crippen LogP contribution is 2.29. The van der Waals surface area contributed by atoms with Gasteiger partial charge >= 0.3 is 0 Å². The summed E-state index contributed by atoms with van der Waals surface area (Å²) in [5, 5.41) is 4.02. The van der Waals surface area contributed by atoms with E-state index in [9.17, 15) is 9.59 Å². The van der Waals surface area contributed by atoms with Gasteiger partial charge in [-0.05, 0) is 67.9 Å². The number of fused-ring (bicyclic) bond motifs is 1. The summed E-state index contributed by atoms with van der Waals surface area (Å²) in [6, 6.07) is 8.06. The van der Waals surface area contributed by atoms with E-state index in [1.807, 2.05) is 23.1 Å². The van der Waals surface area contributed by atoms with E-state index >= 15 is 0 Å². The average molecular weight is 451 g/mol. The molecule has 6 heteroatoms. The Bertz CT molecular complexity index is 987. The van der Waals surface area contributed by atoms with Crippen molar-refractivity contribution in [3.8, 4) is 0 Å². The first-order chi connectivity index (χ1) is 15.9. The van der Waals surface area contributed by atoms with Crippen LogP contribution in [0.1, 0.15) is 64.4 Å². The molecule has 2 aliphatic rings. The fraction of sp³-hybridized carbons (Fsp3) is 0.593. The van der Waals surface area contributed by atoms with Gasteiger partial charge in [-0.1, -0.05) is 26.7 Å². The number of amides is 2. The second-order valence-electron chi connectivity index (χ2n) is 10.2. The maximum atomic E-state index is 12.5. The molecule has 2 fully saturated rings. The minimum Gasteiger partial charge on any atom is -0.356 e. The quantitative estimate of drug-likeness (QED) is 0.684. The molecule has 33 heavy (non-hydrogen) atoms. The summed E-state index contributed by atoms with van der Waals surface area (Å²) >= 11 is 0. The zero-order valence-electron chi connectivity index (χ0n) is 20.4. The van der Waals surface area contributed by atoms with E-state index in [1.54, 1.807) is 0 Å². The highest BCUT2D eigenvalue weighted by Gasteiger charge is 2.23. The number of carbonyl (C=O) groups is 2. The number of likely N-dealkylation sites (tertiary alicyclic amines) is 1. The van der Waals surface area contributed by atoms with Crippen LogP contribution < -0.4 is 10.2 Å². The molecule has 0 saturated carbocycles. The van der Waals surface area contributed by atoms with E-state index in [2.05, 4.69) is 37.1 Å². The fourth-order valence-electron chi connectivity index (χ4n) is 5.39. The number of benzene rings is 1. The molecule has 2 aliphatic heterocycles. The number of hydrogen-bond donors (Lipinski definition) is 1. The first-order valence-electron chi connectivity index (χ1n) is 12.6. The molecule has 2 saturated heterocycles. The van der Waals surface area contributed by atoms with Crippen LogP contribution in [-0.4, -0.2) is 47.9 Å². The summed E-state index contributed by atoms with van der Waals surface area (Å²) < 4.78 is 0. The number of rotatable bonds is 5. The minimum atomic E-state index is -0.115. The van der Waals surface area contributed by atoms with Crippen molar-refractivity contribution in [2.24, 2.45) is 11.8 Å². The Morgan fingerprint density at radius 2 is 1.70 bits per heavy atom. The van der Waals surface area contributed by atoms with E-state index < -0.39 is 0 Å². The number of aryl methyl sites for hydroxylation is 1. The van der Waals surface area contributed by atoms with Gasteiger partial charge in [0.2, 0.25) is 11.8 Å². The Hall–Kier alpha value is -2.63. The molecule has 4 rings (SSSR count). The molecule has 1 aromatic heterocycles. The summed E-state index contributed by atoms with van der Waals surface area (Å²) in [4.78, 5) is 34.2. The van der Waals surface area contributed by atoms with Crippen LogP contribution in [0.3, 0.4) is 0 Å². The molecular weight excluding hydrogens is 412 g/mol. The number of carbonyl (C=O) groups excluding carboxylic acids is 2. The molecule has 0 bridgehead atoms. The van der Waals surface area contributed by atoms with Crippen LogP contribution in [0.5, 0.6) is 0 Å². The SMILES string of the molecule is Cc1cc(N2C[C@H](C)C[C@H](C)C2)nc2ccc(NC(=O)CCC(=O)N3CCCCCC3)cc12. The standard InChI is InChI=1S/C27H38N4O2/c1-19-14-20(2)18-31(17-19)25-15-21(3)23-16-22(8-9-24(23)29-25)28-26(32)10-11-27(33)30-12-6-4-5-7-13-30/h8-9,15-16,19-20H,4-7,10-14,17-18H2,1-3H3,(H,28,32)/t19-,20+. The number of nitrogens with zero attached hydrogens (tertiary/aromatic N) is 3. The van der Waals surface area contributed by atoms with Crippen molar-refractivity contribution in [2.45, 2.75) is 65.7 Å². The highest BCUT2D eigenvalue weighted by atomic mass is 16.2. The van der Waals surface area contributed by atoms with Crippen molar-refractivity contribution in [3.05, 3.63) is 29.8 Å². The van der Waals surface area contributed by atoms with Crippen molar-refractivity contribution >= 4 is 34.2 Å². The van der Waals surface area contributed by atoms with Crippen LogP contribution in [0, 0.1) is 18.8 Å². The molecule has 0 spiro atoms. The Labute approximate surface area is 197 Å². The van der Waals surface area contributed by atoms with Crippen LogP contribution in [0.2, 0.25) is 0 Å². The third-order valence-corrected chi connectivity index (χ3v) is 7.00. The van der Waals surface area contributed by atoms with Crippen LogP contribution in [0.25, 0.3) is 10.9 Å². The molecule has 1 N–H and O–H groups in total. The monoisotopic (exact) mass is 450 g/mol. The Kier molecular flexibility index (Phi) is 7.51. The number of anilines is 2. The van der Waals surface area contributed by atoms with Crippen LogP contribution in [0.15, 0.2) is 24.3 Å². The normalized spacial score (nSPS) is 21.7. The van der Waals surface area contributed by atoms with Gasteiger partial charge in [-0.3, -0.25) is 9.59 Å². The molecule has 3 heterocycles. The van der Waals surface area contributed by atoms with Crippen LogP contribution in [0.4, 0.5) is 11.5 Å². The van der Waals surface area contributed by atoms with Gasteiger partial charge in [0, 0.05) is 50.1 Å². The predicted octanol–water partition coefficient (Wildman–Crippen LogP) is 5.15. The number of pyridine rings is 1. The lowest BCUT2D eigenvalue weighted by Crippen LogP contribution is -2.39. The highest BCUT2D eigenvalue weighted by molar-refractivity contribution is 5.96. The fourth-order valence-corrected chi connectivity index (χ4v) is 5.39. The first-order valence-corrected chi connectivity index (χ1v) is 12.6. The molecule has 2 atom stereocenters. The van der Waals surface area contributed by atoms with Gasteiger partial charge in [-0.2, -0.15) is 0 Å². The zero-order valence-corrected chi connectivity index (χ0v) is 20.4. The maximum absolute atomic E-state index is 12.5. The summed E-state index contributed by atoms with van der Waals surface area (Å²) in [5.41, 5.74) is 2.87. The van der Waals surface area contributed by atoms with Gasteiger partial charge in [-0.25, -0.2) is 4.98 Å². The maximum Gasteiger partial charge on any atom is 0.224 e. The molecule has 178 valence electrons. The molecular formula is C27H38N4O2. The zero-order chi connectivity index (χ0) is 23.4. The van der Waals surface area contributed by atoms with E-state index in [4.69, 9.17) is 4.98 Å². The molecule has 0 radical (unpaired) electrons. The predicted molar refractivity (Wildman–Crippen MR) is 135 cm³/mol. The lowest BCUT2D eigenvalue weighted by Gasteiger charge is -2.36. The van der Waals surface area contributed by atoms with E-state index in [1.165, 1.54) is 19.3 Å². The number of hydrogen-bond acceptors (Lipinski definition) is 4. The summed E-state index contributed by atoms with van der Waals surface area (Å²) in [5.74, 6) is 2.38. The third-order valence-electron chi connectivity index (χ3n) is 7.00. The van der Waals surface area contributed by atoms with Crippen molar-refractivity contribution in [1.29, 1.82) is 0 Å². The molecule has 6 nitrogen and oxygen atoms in total. The van der Waals surface area contributed by atoms with Gasteiger partial charge in [0.25, 0.3) is 0 Å². The largest absolute Gasteiger partial charge is 0.356 e. The average Bonchev–Trinajstić information content (AvgIpc) is 3.07. The number of nitrogens with one attached hydrogen (secondary N) is 1.